The maximum Gasteiger partial charge on any atom is 0.449 e. The van der Waals surface area contributed by atoms with E-state index < -0.39 is 103 Å². The molecule has 10 nitrogen and oxygen atoms in total. The first-order valence-electron chi connectivity index (χ1n) is 17.4. The molecule has 7 unspecified atom stereocenters. The number of alkyl halides is 10. The number of hydrogen-bond acceptors (Lipinski definition) is 10. The highest BCUT2D eigenvalue weighted by Gasteiger charge is 2.82. The Morgan fingerprint density at radius 3 is 1.64 bits per heavy atom. The molecule has 4 saturated carbocycles. The van der Waals surface area contributed by atoms with Crippen molar-refractivity contribution < 1.29 is 92.1 Å². The highest BCUT2D eigenvalue weighted by Crippen LogP contribution is 2.65. The predicted octanol–water partition coefficient (Wildman–Crippen LogP) is 6.64. The van der Waals surface area contributed by atoms with Gasteiger partial charge in [0.2, 0.25) is 0 Å². The largest absolute Gasteiger partial charge is 0.462 e. The Bertz CT molecular complexity index is 1290. The molecule has 53 heavy (non-hydrogen) atoms. The van der Waals surface area contributed by atoms with E-state index in [1.807, 2.05) is 0 Å². The van der Waals surface area contributed by atoms with Crippen molar-refractivity contribution in [2.45, 2.75) is 140 Å². The Labute approximate surface area is 299 Å². The Kier molecular flexibility index (Phi) is 12.2. The van der Waals surface area contributed by atoms with E-state index in [4.69, 9.17) is 19.3 Å². The third-order valence-electron chi connectivity index (χ3n) is 11.2. The predicted molar refractivity (Wildman–Crippen MR) is 159 cm³/mol. The van der Waals surface area contributed by atoms with E-state index in [0.29, 0.717) is 32.1 Å². The molecule has 4 bridgehead atoms. The highest BCUT2D eigenvalue weighted by atomic mass is 19.4. The minimum atomic E-state index is -5.79. The first kappa shape index (κ1) is 43.7. The lowest BCUT2D eigenvalue weighted by molar-refractivity contribution is -0.535. The standard InChI is InChI=1S/C22H31F5O5.C11H15F5O5/c1-4-12(2)16(28)30-11-18(3)20(23,24)21(29,22(25,26)27)32-17(31-18)19-8-13-5-14(9-19)7-15(6-13)10-19;1-3-6(2)8(17)19-4-7-20-5-9(12,13)10(18,21-7)11(14,15)16/h12-15,17,29H,4-11H2,1-3H3;6-7,18H,3-5H2,1-2H3. The first-order valence-corrected chi connectivity index (χ1v) is 17.4. The van der Waals surface area contributed by atoms with Crippen LogP contribution in [0.1, 0.15) is 86.0 Å². The van der Waals surface area contributed by atoms with Crippen LogP contribution in [0.5, 0.6) is 0 Å². The number of esters is 2. The molecule has 4 aliphatic carbocycles. The summed E-state index contributed by atoms with van der Waals surface area (Å²) in [6.07, 6.45) is -9.93. The van der Waals surface area contributed by atoms with Gasteiger partial charge in [-0.15, -0.1) is 0 Å². The molecular weight excluding hydrogens is 746 g/mol. The second kappa shape index (κ2) is 14.8. The molecule has 0 spiro atoms. The quantitative estimate of drug-likeness (QED) is 0.194. The maximum absolute atomic E-state index is 15.3. The molecule has 2 saturated heterocycles. The second-order valence-electron chi connectivity index (χ2n) is 15.4. The van der Waals surface area contributed by atoms with Gasteiger partial charge in [-0.05, 0) is 76.0 Å². The maximum atomic E-state index is 15.3. The van der Waals surface area contributed by atoms with E-state index in [9.17, 15) is 49.8 Å². The molecule has 0 aromatic carbocycles. The van der Waals surface area contributed by atoms with Crippen molar-refractivity contribution >= 4 is 11.9 Å². The fraction of sp³-hybridized carbons (Fsp3) is 0.939. The normalized spacial score (nSPS) is 40.1. The number of halogens is 10. The van der Waals surface area contributed by atoms with Crippen LogP contribution in [0.15, 0.2) is 0 Å². The van der Waals surface area contributed by atoms with Crippen molar-refractivity contribution in [3.8, 4) is 0 Å². The van der Waals surface area contributed by atoms with Crippen molar-refractivity contribution in [1.82, 2.24) is 0 Å². The molecular formula is C33H46F10O10. The number of ether oxygens (including phenoxy) is 6. The lowest BCUT2D eigenvalue weighted by Gasteiger charge is -2.62. The van der Waals surface area contributed by atoms with Gasteiger partial charge >= 0.3 is 47.7 Å². The van der Waals surface area contributed by atoms with Crippen molar-refractivity contribution in [3.63, 3.8) is 0 Å². The van der Waals surface area contributed by atoms with Gasteiger partial charge in [0, 0.05) is 5.41 Å². The Morgan fingerprint density at radius 2 is 1.21 bits per heavy atom. The van der Waals surface area contributed by atoms with Gasteiger partial charge in [0.05, 0.1) is 11.8 Å². The van der Waals surface area contributed by atoms with Crippen molar-refractivity contribution in [1.29, 1.82) is 0 Å². The molecule has 20 heteroatoms. The van der Waals surface area contributed by atoms with E-state index in [1.165, 1.54) is 13.8 Å². The van der Waals surface area contributed by atoms with Gasteiger partial charge in [-0.1, -0.05) is 27.7 Å². The summed E-state index contributed by atoms with van der Waals surface area (Å²) in [6.45, 7) is 3.49. The van der Waals surface area contributed by atoms with Crippen molar-refractivity contribution in [2.75, 3.05) is 19.8 Å². The summed E-state index contributed by atoms with van der Waals surface area (Å²) in [5.74, 6) is -20.9. The summed E-state index contributed by atoms with van der Waals surface area (Å²) < 4.78 is 164. The number of rotatable bonds is 9. The monoisotopic (exact) mass is 792 g/mol. The topological polar surface area (TPSA) is 130 Å². The molecule has 2 aliphatic heterocycles. The summed E-state index contributed by atoms with van der Waals surface area (Å²) in [4.78, 5) is 23.4. The summed E-state index contributed by atoms with van der Waals surface area (Å²) in [6, 6.07) is 0. The van der Waals surface area contributed by atoms with Gasteiger partial charge in [0.15, 0.2) is 18.2 Å². The molecule has 308 valence electrons. The van der Waals surface area contributed by atoms with Crippen LogP contribution in [0, 0.1) is 35.0 Å². The van der Waals surface area contributed by atoms with E-state index in [-0.39, 0.29) is 17.8 Å². The molecule has 0 aromatic heterocycles. The number of carbonyl (C=O) groups is 2. The lowest BCUT2D eigenvalue weighted by atomic mass is 9.49. The molecule has 0 amide bonds. The molecule has 2 N–H and O–H groups in total. The minimum Gasteiger partial charge on any atom is -0.462 e. The van der Waals surface area contributed by atoms with Crippen LogP contribution >= 0.6 is 0 Å². The van der Waals surface area contributed by atoms with Crippen LogP contribution in [-0.4, -0.2) is 95.9 Å². The van der Waals surface area contributed by atoms with Crippen LogP contribution in [0.2, 0.25) is 0 Å². The molecule has 6 aliphatic rings. The highest BCUT2D eigenvalue weighted by molar-refractivity contribution is 5.72. The molecule has 6 rings (SSSR count). The zero-order valence-corrected chi connectivity index (χ0v) is 29.8. The fourth-order valence-electron chi connectivity index (χ4n) is 7.95. The van der Waals surface area contributed by atoms with E-state index >= 15 is 8.78 Å². The van der Waals surface area contributed by atoms with Gasteiger partial charge in [0.1, 0.15) is 19.8 Å². The molecule has 0 radical (unpaired) electrons. The van der Waals surface area contributed by atoms with E-state index in [2.05, 4.69) is 14.2 Å². The minimum absolute atomic E-state index is 0.282. The smallest absolute Gasteiger partial charge is 0.449 e. The lowest BCUT2D eigenvalue weighted by Crippen LogP contribution is -2.77. The Morgan fingerprint density at radius 1 is 0.755 bits per heavy atom. The molecule has 0 aromatic rings. The van der Waals surface area contributed by atoms with E-state index in [1.54, 1.807) is 13.8 Å². The van der Waals surface area contributed by atoms with Crippen LogP contribution < -0.4 is 0 Å². The number of hydrogen-bond donors (Lipinski definition) is 2. The van der Waals surface area contributed by atoms with E-state index in [0.717, 1.165) is 26.2 Å². The van der Waals surface area contributed by atoms with Gasteiger partial charge < -0.3 is 38.6 Å². The van der Waals surface area contributed by atoms with Gasteiger partial charge in [-0.3, -0.25) is 9.59 Å². The summed E-state index contributed by atoms with van der Waals surface area (Å²) in [7, 11) is 0. The average molecular weight is 793 g/mol. The zero-order valence-electron chi connectivity index (χ0n) is 29.8. The Balaban J connectivity index is 0.000000260. The van der Waals surface area contributed by atoms with Crippen LogP contribution in [0.4, 0.5) is 43.9 Å². The van der Waals surface area contributed by atoms with Gasteiger partial charge in [-0.2, -0.15) is 43.9 Å². The van der Waals surface area contributed by atoms with Gasteiger partial charge in [-0.25, -0.2) is 0 Å². The second-order valence-corrected chi connectivity index (χ2v) is 15.4. The average Bonchev–Trinajstić information content (AvgIpc) is 3.04. The third kappa shape index (κ3) is 8.00. The molecule has 6 fully saturated rings. The summed E-state index contributed by atoms with van der Waals surface area (Å²) >= 11 is 0. The SMILES string of the molecule is CCC(C)C(=O)OCC1(C)OC(C23CC4CC(CC(C4)C2)C3)OC(O)(C(F)(F)F)C1(F)F.CCC(C)C(=O)OCC1OCC(F)(F)C(O)(C(F)(F)F)O1. The fourth-order valence-corrected chi connectivity index (χ4v) is 7.95. The zero-order chi connectivity index (χ0) is 40.2. The Hall–Kier alpha value is -2.00. The van der Waals surface area contributed by atoms with Crippen LogP contribution in [-0.2, 0) is 38.0 Å². The summed E-state index contributed by atoms with van der Waals surface area (Å²) in [5.41, 5.74) is -3.81. The number of aliphatic hydroxyl groups is 2. The molecule has 2 heterocycles. The first-order chi connectivity index (χ1) is 24.1. The number of carbonyl (C=O) groups excluding carboxylic acids is 2. The van der Waals surface area contributed by atoms with Crippen molar-refractivity contribution in [2.24, 2.45) is 35.0 Å². The van der Waals surface area contributed by atoms with Crippen LogP contribution in [0.25, 0.3) is 0 Å². The summed E-state index contributed by atoms with van der Waals surface area (Å²) in [5, 5.41) is 19.5. The van der Waals surface area contributed by atoms with Crippen LogP contribution in [0.3, 0.4) is 0 Å². The molecule has 7 atom stereocenters. The van der Waals surface area contributed by atoms with Crippen molar-refractivity contribution in [3.05, 3.63) is 0 Å². The third-order valence-corrected chi connectivity index (χ3v) is 11.2. The van der Waals surface area contributed by atoms with Gasteiger partial charge in [0.25, 0.3) is 0 Å².